The first-order chi connectivity index (χ1) is 29.2. The molecular weight excluding hydrogens is 717 g/mol. The maximum absolute atomic E-state index is 5.32. The zero-order valence-electron chi connectivity index (χ0n) is 31.9. The average molecular weight is 751 g/mol. The molecule has 59 heavy (non-hydrogen) atoms. The second-order valence-corrected chi connectivity index (χ2v) is 15.2. The van der Waals surface area contributed by atoms with Crippen LogP contribution in [0.5, 0.6) is 0 Å². The first-order valence-corrected chi connectivity index (χ1v) is 20.0. The molecule has 4 heteroatoms. The predicted octanol–water partition coefficient (Wildman–Crippen LogP) is 14.2. The molecule has 4 nitrogen and oxygen atoms in total. The van der Waals surface area contributed by atoms with Crippen molar-refractivity contribution in [1.29, 1.82) is 0 Å². The highest BCUT2D eigenvalue weighted by molar-refractivity contribution is 6.24. The van der Waals surface area contributed by atoms with Crippen molar-refractivity contribution in [3.8, 4) is 51.0 Å². The molecule has 0 aliphatic rings. The third-order valence-corrected chi connectivity index (χ3v) is 11.8. The first-order valence-electron chi connectivity index (χ1n) is 20.0. The van der Waals surface area contributed by atoms with Crippen LogP contribution in [0, 0.1) is 0 Å². The number of hydrogen-bond donors (Lipinski definition) is 0. The summed E-state index contributed by atoms with van der Waals surface area (Å²) in [5.74, 6) is 1.89. The first kappa shape index (κ1) is 33.2. The van der Waals surface area contributed by atoms with Crippen molar-refractivity contribution in [2.45, 2.75) is 0 Å². The molecule has 0 bridgehead atoms. The fourth-order valence-corrected chi connectivity index (χ4v) is 9.03. The summed E-state index contributed by atoms with van der Waals surface area (Å²) >= 11 is 0. The molecular formula is C55H34N4. The normalized spacial score (nSPS) is 11.7. The van der Waals surface area contributed by atoms with Gasteiger partial charge in [-0.2, -0.15) is 0 Å². The highest BCUT2D eigenvalue weighted by Crippen LogP contribution is 2.44. The van der Waals surface area contributed by atoms with Gasteiger partial charge in [0.15, 0.2) is 17.5 Å². The molecule has 2 aromatic heterocycles. The zero-order valence-corrected chi connectivity index (χ0v) is 31.9. The van der Waals surface area contributed by atoms with E-state index in [1.807, 2.05) is 18.2 Å². The van der Waals surface area contributed by atoms with Crippen molar-refractivity contribution < 1.29 is 0 Å². The zero-order chi connectivity index (χ0) is 38.9. The predicted molar refractivity (Wildman–Crippen MR) is 246 cm³/mol. The molecule has 0 fully saturated rings. The van der Waals surface area contributed by atoms with Crippen LogP contribution in [-0.2, 0) is 0 Å². The van der Waals surface area contributed by atoms with E-state index in [-0.39, 0.29) is 0 Å². The van der Waals surface area contributed by atoms with E-state index < -0.39 is 0 Å². The number of nitrogens with zero attached hydrogens (tertiary/aromatic N) is 4. The van der Waals surface area contributed by atoms with Crippen molar-refractivity contribution in [1.82, 2.24) is 19.5 Å². The van der Waals surface area contributed by atoms with Crippen molar-refractivity contribution in [3.05, 3.63) is 206 Å². The van der Waals surface area contributed by atoms with Crippen molar-refractivity contribution in [2.75, 3.05) is 0 Å². The van der Waals surface area contributed by atoms with Crippen LogP contribution in [-0.4, -0.2) is 19.5 Å². The van der Waals surface area contributed by atoms with Gasteiger partial charge >= 0.3 is 0 Å². The third kappa shape index (κ3) is 5.42. The minimum absolute atomic E-state index is 0.626. The summed E-state index contributed by atoms with van der Waals surface area (Å²) in [6.07, 6.45) is 0. The summed E-state index contributed by atoms with van der Waals surface area (Å²) in [7, 11) is 0. The van der Waals surface area contributed by atoms with Crippen LogP contribution >= 0.6 is 0 Å². The summed E-state index contributed by atoms with van der Waals surface area (Å²) < 4.78 is 2.47. The molecule has 0 radical (unpaired) electrons. The van der Waals surface area contributed by atoms with Crippen LogP contribution in [0.1, 0.15) is 0 Å². The molecule has 0 aliphatic carbocycles. The molecule has 10 aromatic carbocycles. The lowest BCUT2D eigenvalue weighted by Gasteiger charge is -2.18. The van der Waals surface area contributed by atoms with Gasteiger partial charge in [0.2, 0.25) is 0 Å². The molecule has 0 atom stereocenters. The standard InChI is InChI=1S/C55H34N4/c1-3-15-36(16-4-1)43-24-13-25-45-48(59-49-30-28-37-17-11-12-23-44(37)52(49)47-33-40-21-9-10-22-41(40)34-50(47)59)31-29-46(51(43)45)55-57-53(38-18-5-2-6-19-38)56-54(58-55)42-27-26-35-14-7-8-20-39(35)32-42/h1-34H. The quantitative estimate of drug-likeness (QED) is 0.176. The molecule has 0 amide bonds. The van der Waals surface area contributed by atoms with Gasteiger partial charge in [-0.05, 0) is 79.8 Å². The van der Waals surface area contributed by atoms with Crippen LogP contribution in [0.4, 0.5) is 0 Å². The SMILES string of the molecule is c1ccc(-c2nc(-c3ccc4ccccc4c3)nc(-c3ccc(-n4c5cc6ccccc6cc5c5c6ccccc6ccc54)c4cccc(-c5ccccc5)c34)n2)cc1. The van der Waals surface area contributed by atoms with E-state index in [9.17, 15) is 0 Å². The molecule has 0 spiro atoms. The Hall–Kier alpha value is -7.95. The van der Waals surface area contributed by atoms with Crippen molar-refractivity contribution >= 4 is 64.9 Å². The van der Waals surface area contributed by atoms with Gasteiger partial charge in [0.05, 0.1) is 16.7 Å². The summed E-state index contributed by atoms with van der Waals surface area (Å²) in [5, 5.41) is 11.9. The van der Waals surface area contributed by atoms with Crippen molar-refractivity contribution in [3.63, 3.8) is 0 Å². The van der Waals surface area contributed by atoms with Crippen molar-refractivity contribution in [2.24, 2.45) is 0 Å². The summed E-state index contributed by atoms with van der Waals surface area (Å²) in [4.78, 5) is 15.7. The number of rotatable bonds is 5. The van der Waals surface area contributed by atoms with E-state index in [0.717, 1.165) is 49.7 Å². The van der Waals surface area contributed by atoms with Gasteiger partial charge in [-0.3, -0.25) is 0 Å². The maximum atomic E-state index is 5.32. The van der Waals surface area contributed by atoms with E-state index in [1.165, 1.54) is 48.7 Å². The van der Waals surface area contributed by atoms with Crippen LogP contribution in [0.3, 0.4) is 0 Å². The minimum Gasteiger partial charge on any atom is -0.309 e. The number of fused-ring (bicyclic) bond motifs is 8. The second-order valence-electron chi connectivity index (χ2n) is 15.2. The monoisotopic (exact) mass is 750 g/mol. The van der Waals surface area contributed by atoms with E-state index in [2.05, 4.69) is 193 Å². The van der Waals surface area contributed by atoms with E-state index in [1.54, 1.807) is 0 Å². The van der Waals surface area contributed by atoms with Gasteiger partial charge in [-0.1, -0.05) is 170 Å². The van der Waals surface area contributed by atoms with Crippen LogP contribution in [0.15, 0.2) is 206 Å². The maximum Gasteiger partial charge on any atom is 0.164 e. The molecule has 2 heterocycles. The highest BCUT2D eigenvalue weighted by atomic mass is 15.0. The summed E-state index contributed by atoms with van der Waals surface area (Å²) in [6.45, 7) is 0. The molecule has 0 unspecified atom stereocenters. The van der Waals surface area contributed by atoms with Gasteiger partial charge in [-0.15, -0.1) is 0 Å². The Balaban J connectivity index is 1.18. The lowest BCUT2D eigenvalue weighted by atomic mass is 9.93. The molecule has 0 saturated heterocycles. The lowest BCUT2D eigenvalue weighted by molar-refractivity contribution is 1.08. The number of hydrogen-bond acceptors (Lipinski definition) is 3. The van der Waals surface area contributed by atoms with Crippen LogP contribution in [0.25, 0.3) is 116 Å². The highest BCUT2D eigenvalue weighted by Gasteiger charge is 2.22. The fraction of sp³-hybridized carbons (Fsp3) is 0. The summed E-state index contributed by atoms with van der Waals surface area (Å²) in [6, 6.07) is 73.5. The molecule has 0 aliphatic heterocycles. The average Bonchev–Trinajstić information content (AvgIpc) is 3.63. The fourth-order valence-electron chi connectivity index (χ4n) is 9.03. The third-order valence-electron chi connectivity index (χ3n) is 11.8. The van der Waals surface area contributed by atoms with Gasteiger partial charge in [0.25, 0.3) is 0 Å². The Morgan fingerprint density at radius 2 is 0.881 bits per heavy atom. The van der Waals surface area contributed by atoms with Crippen LogP contribution in [0.2, 0.25) is 0 Å². The van der Waals surface area contributed by atoms with Gasteiger partial charge in [0.1, 0.15) is 0 Å². The molecule has 12 rings (SSSR count). The Bertz CT molecular complexity index is 3610. The van der Waals surface area contributed by atoms with E-state index in [0.29, 0.717) is 17.5 Å². The lowest BCUT2D eigenvalue weighted by Crippen LogP contribution is -2.02. The van der Waals surface area contributed by atoms with E-state index in [4.69, 9.17) is 15.0 Å². The van der Waals surface area contributed by atoms with Crippen LogP contribution < -0.4 is 0 Å². The van der Waals surface area contributed by atoms with E-state index >= 15 is 0 Å². The summed E-state index contributed by atoms with van der Waals surface area (Å²) in [5.41, 5.74) is 8.50. The molecule has 274 valence electrons. The smallest absolute Gasteiger partial charge is 0.164 e. The second kappa shape index (κ2) is 13.3. The Labute approximate surface area is 340 Å². The van der Waals surface area contributed by atoms with Gasteiger partial charge in [-0.25, -0.2) is 15.0 Å². The minimum atomic E-state index is 0.626. The topological polar surface area (TPSA) is 43.6 Å². The molecule has 0 saturated carbocycles. The number of aromatic nitrogens is 4. The Kier molecular flexibility index (Phi) is 7.50. The van der Waals surface area contributed by atoms with Gasteiger partial charge < -0.3 is 4.57 Å². The Morgan fingerprint density at radius 3 is 1.66 bits per heavy atom. The molecule has 0 N–H and O–H groups in total. The number of benzene rings is 10. The van der Waals surface area contributed by atoms with Gasteiger partial charge in [0, 0.05) is 38.2 Å². The largest absolute Gasteiger partial charge is 0.309 e. The Morgan fingerprint density at radius 1 is 0.288 bits per heavy atom. The molecule has 12 aromatic rings.